The highest BCUT2D eigenvalue weighted by atomic mass is 35.5. The molecule has 7 heteroatoms. The zero-order valence-corrected chi connectivity index (χ0v) is 18.9. The Bertz CT molecular complexity index is 1120. The molecule has 5 nitrogen and oxygen atoms in total. The Morgan fingerprint density at radius 2 is 1.68 bits per heavy atom. The lowest BCUT2D eigenvalue weighted by Crippen LogP contribution is -2.41. The van der Waals surface area contributed by atoms with Crippen molar-refractivity contribution in [1.29, 1.82) is 0 Å². The molecule has 0 unspecified atom stereocenters. The van der Waals surface area contributed by atoms with Crippen molar-refractivity contribution in [3.63, 3.8) is 0 Å². The van der Waals surface area contributed by atoms with E-state index in [9.17, 15) is 13.2 Å². The average Bonchev–Trinajstić information content (AvgIpc) is 2.77. The van der Waals surface area contributed by atoms with E-state index in [1.54, 1.807) is 36.4 Å². The second-order valence-corrected chi connectivity index (χ2v) is 9.54. The first-order chi connectivity index (χ1) is 14.9. The largest absolute Gasteiger partial charge is 0.355 e. The SMILES string of the molecule is Cc1cccc(N(CC(=O)NCCCc2ccc(Cl)cc2)S(=O)(=O)c2ccccc2)c1. The van der Waals surface area contributed by atoms with Gasteiger partial charge in [0.1, 0.15) is 6.54 Å². The number of benzene rings is 3. The van der Waals surface area contributed by atoms with Crippen LogP contribution in [-0.2, 0) is 21.2 Å². The second kappa shape index (κ2) is 10.5. The number of carbonyl (C=O) groups is 1. The van der Waals surface area contributed by atoms with Gasteiger partial charge >= 0.3 is 0 Å². The second-order valence-electron chi connectivity index (χ2n) is 7.24. The van der Waals surface area contributed by atoms with Gasteiger partial charge in [0.2, 0.25) is 5.91 Å². The topological polar surface area (TPSA) is 66.5 Å². The van der Waals surface area contributed by atoms with Crippen molar-refractivity contribution in [2.45, 2.75) is 24.7 Å². The first-order valence-corrected chi connectivity index (χ1v) is 11.8. The third-order valence-electron chi connectivity index (χ3n) is 4.79. The maximum Gasteiger partial charge on any atom is 0.264 e. The molecule has 0 aromatic heterocycles. The number of sulfonamides is 1. The fraction of sp³-hybridized carbons (Fsp3) is 0.208. The van der Waals surface area contributed by atoms with Crippen molar-refractivity contribution < 1.29 is 13.2 Å². The van der Waals surface area contributed by atoms with Crippen LogP contribution in [0.15, 0.2) is 83.8 Å². The number of anilines is 1. The van der Waals surface area contributed by atoms with Gasteiger partial charge in [0, 0.05) is 11.6 Å². The van der Waals surface area contributed by atoms with Gasteiger partial charge in [-0.1, -0.05) is 54.1 Å². The Morgan fingerprint density at radius 3 is 2.35 bits per heavy atom. The highest BCUT2D eigenvalue weighted by Gasteiger charge is 2.27. The van der Waals surface area contributed by atoms with Crippen molar-refractivity contribution in [2.24, 2.45) is 0 Å². The van der Waals surface area contributed by atoms with Crippen LogP contribution in [0, 0.1) is 6.92 Å². The minimum atomic E-state index is -3.88. The van der Waals surface area contributed by atoms with Crippen LogP contribution >= 0.6 is 11.6 Å². The van der Waals surface area contributed by atoms with E-state index in [2.05, 4.69) is 5.32 Å². The van der Waals surface area contributed by atoms with Crippen LogP contribution in [0.2, 0.25) is 5.02 Å². The first kappa shape index (κ1) is 22.8. The van der Waals surface area contributed by atoms with Crippen molar-refractivity contribution in [1.82, 2.24) is 5.32 Å². The quantitative estimate of drug-likeness (QED) is 0.479. The van der Waals surface area contributed by atoms with Crippen molar-refractivity contribution >= 4 is 33.2 Å². The predicted molar refractivity (Wildman–Crippen MR) is 125 cm³/mol. The zero-order valence-electron chi connectivity index (χ0n) is 17.3. The fourth-order valence-electron chi connectivity index (χ4n) is 3.18. The van der Waals surface area contributed by atoms with Crippen LogP contribution in [0.1, 0.15) is 17.5 Å². The molecule has 0 heterocycles. The molecule has 0 atom stereocenters. The Hall–Kier alpha value is -2.83. The van der Waals surface area contributed by atoms with Gasteiger partial charge < -0.3 is 5.32 Å². The number of halogens is 1. The highest BCUT2D eigenvalue weighted by Crippen LogP contribution is 2.24. The maximum absolute atomic E-state index is 13.3. The molecule has 0 aliphatic heterocycles. The van der Waals surface area contributed by atoms with Gasteiger partial charge in [-0.05, 0) is 67.3 Å². The monoisotopic (exact) mass is 456 g/mol. The number of nitrogens with one attached hydrogen (secondary N) is 1. The Labute approximate surface area is 188 Å². The summed E-state index contributed by atoms with van der Waals surface area (Å²) in [5, 5.41) is 3.52. The molecule has 0 radical (unpaired) electrons. The maximum atomic E-state index is 13.3. The molecule has 162 valence electrons. The molecule has 1 amide bonds. The molecule has 0 aliphatic carbocycles. The summed E-state index contributed by atoms with van der Waals surface area (Å²) in [7, 11) is -3.88. The summed E-state index contributed by atoms with van der Waals surface area (Å²) < 4.78 is 27.7. The van der Waals surface area contributed by atoms with Gasteiger partial charge in [-0.15, -0.1) is 0 Å². The third kappa shape index (κ3) is 6.32. The summed E-state index contributed by atoms with van der Waals surface area (Å²) in [6, 6.07) is 22.8. The van der Waals surface area contributed by atoms with E-state index in [0.29, 0.717) is 17.3 Å². The summed E-state index contributed by atoms with van der Waals surface area (Å²) in [6.45, 7) is 2.05. The van der Waals surface area contributed by atoms with E-state index < -0.39 is 10.0 Å². The van der Waals surface area contributed by atoms with Gasteiger partial charge in [0.15, 0.2) is 0 Å². The standard InChI is InChI=1S/C24H25ClN2O3S/c1-19-7-5-9-22(17-19)27(31(29,30)23-10-3-2-4-11-23)18-24(28)26-16-6-8-20-12-14-21(25)15-13-20/h2-5,7,9-15,17H,6,8,16,18H2,1H3,(H,26,28). The number of nitrogens with zero attached hydrogens (tertiary/aromatic N) is 1. The number of carbonyl (C=O) groups excluding carboxylic acids is 1. The Balaban J connectivity index is 1.68. The molecule has 1 N–H and O–H groups in total. The molecule has 0 bridgehead atoms. The Kier molecular flexibility index (Phi) is 7.71. The molecule has 0 spiro atoms. The summed E-state index contributed by atoms with van der Waals surface area (Å²) >= 11 is 5.89. The minimum absolute atomic E-state index is 0.145. The van der Waals surface area contributed by atoms with Crippen molar-refractivity contribution in [3.8, 4) is 0 Å². The van der Waals surface area contributed by atoms with Crippen molar-refractivity contribution in [2.75, 3.05) is 17.4 Å². The number of rotatable bonds is 9. The van der Waals surface area contributed by atoms with Gasteiger partial charge in [-0.2, -0.15) is 0 Å². The van der Waals surface area contributed by atoms with Crippen LogP contribution in [0.5, 0.6) is 0 Å². The lowest BCUT2D eigenvalue weighted by Gasteiger charge is -2.24. The molecule has 3 aromatic rings. The lowest BCUT2D eigenvalue weighted by atomic mass is 10.1. The number of hydrogen-bond donors (Lipinski definition) is 1. The Morgan fingerprint density at radius 1 is 0.968 bits per heavy atom. The number of aryl methyl sites for hydroxylation is 2. The van der Waals surface area contributed by atoms with Gasteiger partial charge in [0.05, 0.1) is 10.6 Å². The molecule has 0 aliphatic rings. The third-order valence-corrected chi connectivity index (χ3v) is 6.83. The normalized spacial score (nSPS) is 11.2. The smallest absolute Gasteiger partial charge is 0.264 e. The first-order valence-electron chi connectivity index (χ1n) is 10.0. The molecule has 0 fully saturated rings. The summed E-state index contributed by atoms with van der Waals surface area (Å²) in [4.78, 5) is 12.8. The van der Waals surface area contributed by atoms with Crippen LogP contribution in [0.25, 0.3) is 0 Å². The highest BCUT2D eigenvalue weighted by molar-refractivity contribution is 7.92. The lowest BCUT2D eigenvalue weighted by molar-refractivity contribution is -0.119. The summed E-state index contributed by atoms with van der Waals surface area (Å²) in [6.07, 6.45) is 1.53. The molecular formula is C24H25ClN2O3S. The zero-order chi connectivity index (χ0) is 22.3. The minimum Gasteiger partial charge on any atom is -0.355 e. The number of amides is 1. The fourth-order valence-corrected chi connectivity index (χ4v) is 4.74. The van der Waals surface area contributed by atoms with E-state index in [0.717, 1.165) is 28.3 Å². The van der Waals surface area contributed by atoms with E-state index in [1.807, 2.05) is 37.3 Å². The van der Waals surface area contributed by atoms with Crippen LogP contribution < -0.4 is 9.62 Å². The average molecular weight is 457 g/mol. The molecule has 3 aromatic carbocycles. The molecule has 3 rings (SSSR count). The van der Waals surface area contributed by atoms with Crippen molar-refractivity contribution in [3.05, 3.63) is 95.0 Å². The predicted octanol–water partition coefficient (Wildman–Crippen LogP) is 4.59. The van der Waals surface area contributed by atoms with Crippen LogP contribution in [0.4, 0.5) is 5.69 Å². The van der Waals surface area contributed by atoms with Crippen LogP contribution in [-0.4, -0.2) is 27.4 Å². The van der Waals surface area contributed by atoms with E-state index >= 15 is 0 Å². The summed E-state index contributed by atoms with van der Waals surface area (Å²) in [5.41, 5.74) is 2.50. The van der Waals surface area contributed by atoms with Gasteiger partial charge in [-0.3, -0.25) is 9.10 Å². The molecular weight excluding hydrogens is 432 g/mol. The van der Waals surface area contributed by atoms with Gasteiger partial charge in [-0.25, -0.2) is 8.42 Å². The van der Waals surface area contributed by atoms with Gasteiger partial charge in [0.25, 0.3) is 10.0 Å². The van der Waals surface area contributed by atoms with E-state index in [1.165, 1.54) is 12.1 Å². The number of hydrogen-bond acceptors (Lipinski definition) is 3. The van der Waals surface area contributed by atoms with E-state index in [4.69, 9.17) is 11.6 Å². The molecule has 0 saturated carbocycles. The molecule has 31 heavy (non-hydrogen) atoms. The van der Waals surface area contributed by atoms with E-state index in [-0.39, 0.29) is 17.3 Å². The summed E-state index contributed by atoms with van der Waals surface area (Å²) in [5.74, 6) is -0.350. The molecule has 0 saturated heterocycles. The van der Waals surface area contributed by atoms with Crippen LogP contribution in [0.3, 0.4) is 0 Å².